The number of allylic oxidation sites excluding steroid dienone is 2. The monoisotopic (exact) mass is 238 g/mol. The Morgan fingerprint density at radius 1 is 1.35 bits per heavy atom. The Morgan fingerprint density at radius 2 is 2.00 bits per heavy atom. The van der Waals surface area contributed by atoms with Gasteiger partial charge in [-0.15, -0.1) is 0 Å². The second-order valence-corrected chi connectivity index (χ2v) is 5.90. The van der Waals surface area contributed by atoms with Crippen LogP contribution in [0.15, 0.2) is 12.2 Å². The lowest BCUT2D eigenvalue weighted by molar-refractivity contribution is -0.166. The van der Waals surface area contributed by atoms with Gasteiger partial charge in [0.15, 0.2) is 0 Å². The average molecular weight is 238 g/mol. The molecule has 2 nitrogen and oxygen atoms in total. The largest absolute Gasteiger partial charge is 0.459 e. The molecule has 2 atom stereocenters. The molecular formula is C15H26O2. The molecule has 0 aliphatic heterocycles. The molecule has 2 unspecified atom stereocenters. The van der Waals surface area contributed by atoms with Gasteiger partial charge in [-0.2, -0.15) is 0 Å². The van der Waals surface area contributed by atoms with Crippen molar-refractivity contribution in [2.75, 3.05) is 0 Å². The third-order valence-electron chi connectivity index (χ3n) is 4.55. The Kier molecular flexibility index (Phi) is 4.40. The lowest BCUT2D eigenvalue weighted by Gasteiger charge is -2.40. The first-order valence-electron chi connectivity index (χ1n) is 6.68. The predicted molar refractivity (Wildman–Crippen MR) is 70.7 cm³/mol. The van der Waals surface area contributed by atoms with Crippen molar-refractivity contribution in [1.82, 2.24) is 0 Å². The second kappa shape index (κ2) is 5.24. The summed E-state index contributed by atoms with van der Waals surface area (Å²) < 4.78 is 5.59. The van der Waals surface area contributed by atoms with Gasteiger partial charge in [-0.3, -0.25) is 4.79 Å². The highest BCUT2D eigenvalue weighted by molar-refractivity contribution is 5.66. The van der Waals surface area contributed by atoms with Gasteiger partial charge in [-0.25, -0.2) is 0 Å². The molecule has 0 heterocycles. The molecule has 0 aromatic heterocycles. The molecule has 17 heavy (non-hydrogen) atoms. The van der Waals surface area contributed by atoms with Gasteiger partial charge in [0.2, 0.25) is 0 Å². The van der Waals surface area contributed by atoms with E-state index in [-0.39, 0.29) is 17.0 Å². The maximum Gasteiger partial charge on any atom is 0.303 e. The molecule has 1 aliphatic carbocycles. The fraction of sp³-hybridized carbons (Fsp3) is 0.800. The number of hydrogen-bond acceptors (Lipinski definition) is 2. The van der Waals surface area contributed by atoms with E-state index in [1.807, 2.05) is 0 Å². The normalized spacial score (nSPS) is 31.9. The van der Waals surface area contributed by atoms with E-state index in [2.05, 4.69) is 39.8 Å². The molecule has 0 aromatic carbocycles. The van der Waals surface area contributed by atoms with Crippen LogP contribution in [0.2, 0.25) is 0 Å². The van der Waals surface area contributed by atoms with Crippen LogP contribution in [0.3, 0.4) is 0 Å². The molecule has 0 amide bonds. The zero-order valence-electron chi connectivity index (χ0n) is 11.9. The minimum absolute atomic E-state index is 0.0523. The molecular weight excluding hydrogens is 212 g/mol. The summed E-state index contributed by atoms with van der Waals surface area (Å²) in [5.74, 6) is 0.444. The molecule has 0 aromatic rings. The van der Waals surface area contributed by atoms with Crippen LogP contribution in [0.1, 0.15) is 60.3 Å². The smallest absolute Gasteiger partial charge is 0.303 e. The summed E-state index contributed by atoms with van der Waals surface area (Å²) in [4.78, 5) is 11.2. The van der Waals surface area contributed by atoms with Gasteiger partial charge in [0.25, 0.3) is 0 Å². The number of ether oxygens (including phenoxy) is 1. The minimum Gasteiger partial charge on any atom is -0.459 e. The van der Waals surface area contributed by atoms with Crippen LogP contribution >= 0.6 is 0 Å². The summed E-state index contributed by atoms with van der Waals surface area (Å²) in [6, 6.07) is 0. The minimum atomic E-state index is -0.302. The van der Waals surface area contributed by atoms with Crippen LogP contribution in [0.25, 0.3) is 0 Å². The number of carbonyl (C=O) groups excluding carboxylic acids is 1. The van der Waals surface area contributed by atoms with Crippen LogP contribution in [0.4, 0.5) is 0 Å². The Balaban J connectivity index is 2.74. The standard InChI is InChI=1S/C15H26O2/c1-6-7-8-9-13-10-11-15(5,14(13,3)4)17-12(2)16/h7-8,13H,6,9-11H2,1-5H3/b8-7+. The zero-order valence-corrected chi connectivity index (χ0v) is 11.9. The first kappa shape index (κ1) is 14.3. The first-order chi connectivity index (χ1) is 7.83. The summed E-state index contributed by atoms with van der Waals surface area (Å²) >= 11 is 0. The van der Waals surface area contributed by atoms with Crippen LogP contribution in [0.5, 0.6) is 0 Å². The lowest BCUT2D eigenvalue weighted by Crippen LogP contribution is -2.43. The molecule has 0 N–H and O–H groups in total. The average Bonchev–Trinajstić information content (AvgIpc) is 2.40. The van der Waals surface area contributed by atoms with Gasteiger partial charge < -0.3 is 4.74 Å². The molecule has 2 heteroatoms. The molecule has 1 aliphatic rings. The molecule has 0 spiro atoms. The van der Waals surface area contributed by atoms with Gasteiger partial charge in [0, 0.05) is 12.3 Å². The van der Waals surface area contributed by atoms with Crippen molar-refractivity contribution in [2.24, 2.45) is 11.3 Å². The van der Waals surface area contributed by atoms with E-state index in [4.69, 9.17) is 4.74 Å². The van der Waals surface area contributed by atoms with E-state index in [0.717, 1.165) is 25.7 Å². The van der Waals surface area contributed by atoms with Crippen molar-refractivity contribution in [3.8, 4) is 0 Å². The fourth-order valence-corrected chi connectivity index (χ4v) is 2.90. The molecule has 1 fully saturated rings. The van der Waals surface area contributed by atoms with E-state index in [1.54, 1.807) is 0 Å². The van der Waals surface area contributed by atoms with Crippen LogP contribution in [-0.4, -0.2) is 11.6 Å². The Morgan fingerprint density at radius 3 is 2.53 bits per heavy atom. The molecule has 0 radical (unpaired) electrons. The van der Waals surface area contributed by atoms with Crippen molar-refractivity contribution in [3.05, 3.63) is 12.2 Å². The van der Waals surface area contributed by atoms with Crippen molar-refractivity contribution >= 4 is 5.97 Å². The lowest BCUT2D eigenvalue weighted by atomic mass is 9.72. The molecule has 1 rings (SSSR count). The van der Waals surface area contributed by atoms with Crippen molar-refractivity contribution in [2.45, 2.75) is 65.9 Å². The topological polar surface area (TPSA) is 26.3 Å². The van der Waals surface area contributed by atoms with Crippen molar-refractivity contribution < 1.29 is 9.53 Å². The van der Waals surface area contributed by atoms with E-state index >= 15 is 0 Å². The Bertz CT molecular complexity index is 304. The Hall–Kier alpha value is -0.790. The van der Waals surface area contributed by atoms with E-state index < -0.39 is 0 Å². The summed E-state index contributed by atoms with van der Waals surface area (Å²) in [6.45, 7) is 10.2. The molecule has 98 valence electrons. The van der Waals surface area contributed by atoms with Crippen LogP contribution in [0, 0.1) is 11.3 Å². The zero-order chi connectivity index (χ0) is 13.1. The van der Waals surface area contributed by atoms with Crippen molar-refractivity contribution in [3.63, 3.8) is 0 Å². The van der Waals surface area contributed by atoms with Gasteiger partial charge in [0.1, 0.15) is 5.60 Å². The molecule has 0 saturated heterocycles. The maximum absolute atomic E-state index is 11.2. The van der Waals surface area contributed by atoms with Gasteiger partial charge in [-0.1, -0.05) is 32.9 Å². The highest BCUT2D eigenvalue weighted by Crippen LogP contribution is 2.53. The second-order valence-electron chi connectivity index (χ2n) is 5.90. The summed E-state index contributed by atoms with van der Waals surface area (Å²) in [5.41, 5.74) is -0.250. The fourth-order valence-electron chi connectivity index (χ4n) is 2.90. The predicted octanol–water partition coefficient (Wildman–Crippen LogP) is 4.10. The Labute approximate surface area is 105 Å². The van der Waals surface area contributed by atoms with Gasteiger partial charge in [-0.05, 0) is 38.5 Å². The summed E-state index contributed by atoms with van der Waals surface area (Å²) in [5, 5.41) is 0. The van der Waals surface area contributed by atoms with E-state index in [9.17, 15) is 4.79 Å². The molecule has 1 saturated carbocycles. The van der Waals surface area contributed by atoms with Gasteiger partial charge >= 0.3 is 5.97 Å². The highest BCUT2D eigenvalue weighted by atomic mass is 16.6. The third-order valence-corrected chi connectivity index (χ3v) is 4.55. The number of rotatable bonds is 4. The van der Waals surface area contributed by atoms with Crippen LogP contribution < -0.4 is 0 Å². The number of hydrogen-bond donors (Lipinski definition) is 0. The van der Waals surface area contributed by atoms with Crippen molar-refractivity contribution in [1.29, 1.82) is 0 Å². The first-order valence-corrected chi connectivity index (χ1v) is 6.68. The van der Waals surface area contributed by atoms with Crippen LogP contribution in [-0.2, 0) is 9.53 Å². The number of carbonyl (C=O) groups is 1. The van der Waals surface area contributed by atoms with Gasteiger partial charge in [0.05, 0.1) is 0 Å². The highest BCUT2D eigenvalue weighted by Gasteiger charge is 2.53. The summed E-state index contributed by atoms with van der Waals surface area (Å²) in [7, 11) is 0. The SMILES string of the molecule is CC/C=C/CC1CCC(C)(OC(C)=O)C1(C)C. The third kappa shape index (κ3) is 2.91. The summed E-state index contributed by atoms with van der Waals surface area (Å²) in [6.07, 6.45) is 8.80. The van der Waals surface area contributed by atoms with E-state index in [1.165, 1.54) is 6.92 Å². The maximum atomic E-state index is 11.2. The van der Waals surface area contributed by atoms with E-state index in [0.29, 0.717) is 5.92 Å². The number of esters is 1. The quantitative estimate of drug-likeness (QED) is 0.544. The molecule has 0 bridgehead atoms.